The number of benzene rings is 1. The smallest absolute Gasteiger partial charge is 0.259 e. The molecule has 0 aliphatic rings. The van der Waals surface area contributed by atoms with E-state index in [0.29, 0.717) is 10.4 Å². The summed E-state index contributed by atoms with van der Waals surface area (Å²) in [4.78, 5) is 18.3. The maximum absolute atomic E-state index is 13.0. The van der Waals surface area contributed by atoms with Crippen molar-refractivity contribution in [3.05, 3.63) is 46.4 Å². The number of hydrogen-bond donors (Lipinski definition) is 2. The number of rotatable bonds is 2. The van der Waals surface area contributed by atoms with Gasteiger partial charge in [0.15, 0.2) is 0 Å². The number of halogens is 2. The van der Waals surface area contributed by atoms with E-state index in [1.165, 1.54) is 18.3 Å². The van der Waals surface area contributed by atoms with Crippen molar-refractivity contribution in [1.82, 2.24) is 9.97 Å². The van der Waals surface area contributed by atoms with Gasteiger partial charge in [-0.05, 0) is 34.1 Å². The van der Waals surface area contributed by atoms with Crippen molar-refractivity contribution in [3.8, 4) is 0 Å². The molecule has 1 heterocycles. The Hall–Kier alpha value is -1.69. The van der Waals surface area contributed by atoms with Gasteiger partial charge < -0.3 is 4.98 Å². The van der Waals surface area contributed by atoms with Crippen molar-refractivity contribution in [2.24, 2.45) is 0 Å². The van der Waals surface area contributed by atoms with Gasteiger partial charge >= 0.3 is 0 Å². The van der Waals surface area contributed by atoms with Crippen molar-refractivity contribution in [1.29, 1.82) is 0 Å². The Balaban J connectivity index is 2.24. The molecule has 1 aromatic carbocycles. The van der Waals surface area contributed by atoms with Crippen LogP contribution in [-0.2, 0) is 0 Å². The lowest BCUT2D eigenvalue weighted by Gasteiger charge is -2.04. The first-order valence-corrected chi connectivity index (χ1v) is 5.22. The molecule has 0 atom stereocenters. The molecule has 2 rings (SSSR count). The minimum absolute atomic E-state index is 0.219. The summed E-state index contributed by atoms with van der Waals surface area (Å²) in [6.45, 7) is 0. The van der Waals surface area contributed by atoms with Gasteiger partial charge in [-0.25, -0.2) is 9.37 Å². The normalized spacial score (nSPS) is 10.1. The van der Waals surface area contributed by atoms with Crippen molar-refractivity contribution in [2.75, 3.05) is 5.32 Å². The Morgan fingerprint density at radius 1 is 1.50 bits per heavy atom. The van der Waals surface area contributed by atoms with Crippen LogP contribution in [0.1, 0.15) is 10.4 Å². The highest BCUT2D eigenvalue weighted by Gasteiger charge is 2.11. The first-order valence-electron chi connectivity index (χ1n) is 4.42. The van der Waals surface area contributed by atoms with E-state index in [9.17, 15) is 9.18 Å². The van der Waals surface area contributed by atoms with Crippen LogP contribution in [0.25, 0.3) is 0 Å². The fourth-order valence-corrected chi connectivity index (χ4v) is 1.61. The molecule has 4 nitrogen and oxygen atoms in total. The zero-order chi connectivity index (χ0) is 11.5. The molecule has 2 N–H and O–H groups in total. The van der Waals surface area contributed by atoms with Crippen LogP contribution < -0.4 is 5.32 Å². The largest absolute Gasteiger partial charge is 0.331 e. The SMILES string of the molecule is O=C(Nc1ncc[nH]1)c1cc(F)ccc1Br. The van der Waals surface area contributed by atoms with Gasteiger partial charge in [-0.1, -0.05) is 0 Å². The summed E-state index contributed by atoms with van der Waals surface area (Å²) in [5.41, 5.74) is 0.219. The maximum Gasteiger partial charge on any atom is 0.259 e. The van der Waals surface area contributed by atoms with Gasteiger partial charge in [-0.2, -0.15) is 0 Å². The average Bonchev–Trinajstić information content (AvgIpc) is 2.74. The molecule has 82 valence electrons. The Labute approximate surface area is 99.0 Å². The fraction of sp³-hybridized carbons (Fsp3) is 0. The van der Waals surface area contributed by atoms with E-state index in [4.69, 9.17) is 0 Å². The predicted octanol–water partition coefficient (Wildman–Crippen LogP) is 2.56. The van der Waals surface area contributed by atoms with Gasteiger partial charge in [0.05, 0.1) is 5.56 Å². The summed E-state index contributed by atoms with van der Waals surface area (Å²) in [5, 5.41) is 2.50. The molecule has 0 spiro atoms. The summed E-state index contributed by atoms with van der Waals surface area (Å²) in [6.07, 6.45) is 3.09. The number of aromatic amines is 1. The van der Waals surface area contributed by atoms with Crippen LogP contribution in [0.15, 0.2) is 35.1 Å². The molecular formula is C10H7BrFN3O. The lowest BCUT2D eigenvalue weighted by molar-refractivity contribution is 0.102. The van der Waals surface area contributed by atoms with Crippen LogP contribution in [-0.4, -0.2) is 15.9 Å². The fourth-order valence-electron chi connectivity index (χ4n) is 1.18. The minimum Gasteiger partial charge on any atom is -0.331 e. The predicted molar refractivity (Wildman–Crippen MR) is 60.6 cm³/mol. The standard InChI is InChI=1S/C10H7BrFN3O/c11-8-2-1-6(12)5-7(8)9(16)15-10-13-3-4-14-10/h1-5H,(H2,13,14,15,16). The van der Waals surface area contributed by atoms with E-state index in [-0.39, 0.29) is 5.56 Å². The van der Waals surface area contributed by atoms with Crippen molar-refractivity contribution in [3.63, 3.8) is 0 Å². The van der Waals surface area contributed by atoms with Gasteiger partial charge in [0.2, 0.25) is 5.95 Å². The Kier molecular flexibility index (Phi) is 3.00. The second-order valence-electron chi connectivity index (χ2n) is 3.02. The molecule has 0 bridgehead atoms. The van der Waals surface area contributed by atoms with Crippen LogP contribution >= 0.6 is 15.9 Å². The van der Waals surface area contributed by atoms with E-state index in [0.717, 1.165) is 6.07 Å². The summed E-state index contributed by atoms with van der Waals surface area (Å²) >= 11 is 3.18. The van der Waals surface area contributed by atoms with Crippen LogP contribution in [0.3, 0.4) is 0 Å². The van der Waals surface area contributed by atoms with E-state index < -0.39 is 11.7 Å². The second-order valence-corrected chi connectivity index (χ2v) is 3.87. The molecular weight excluding hydrogens is 277 g/mol. The summed E-state index contributed by atoms with van der Waals surface area (Å²) in [6, 6.07) is 3.91. The lowest BCUT2D eigenvalue weighted by atomic mass is 10.2. The van der Waals surface area contributed by atoms with Crippen molar-refractivity contribution in [2.45, 2.75) is 0 Å². The van der Waals surface area contributed by atoms with Crippen LogP contribution in [0.5, 0.6) is 0 Å². The Bertz CT molecular complexity index is 513. The quantitative estimate of drug-likeness (QED) is 0.890. The van der Waals surface area contributed by atoms with Gasteiger partial charge in [-0.15, -0.1) is 0 Å². The van der Waals surface area contributed by atoms with Crippen LogP contribution in [0, 0.1) is 5.82 Å². The molecule has 0 unspecified atom stereocenters. The van der Waals surface area contributed by atoms with Gasteiger partial charge in [-0.3, -0.25) is 10.1 Å². The summed E-state index contributed by atoms with van der Waals surface area (Å²) < 4.78 is 13.5. The monoisotopic (exact) mass is 283 g/mol. The second kappa shape index (κ2) is 4.44. The summed E-state index contributed by atoms with van der Waals surface area (Å²) in [7, 11) is 0. The highest BCUT2D eigenvalue weighted by Crippen LogP contribution is 2.18. The third-order valence-corrected chi connectivity index (χ3v) is 2.59. The number of nitrogens with one attached hydrogen (secondary N) is 2. The number of amides is 1. The van der Waals surface area contributed by atoms with E-state index in [2.05, 4.69) is 31.2 Å². The number of H-pyrrole nitrogens is 1. The Morgan fingerprint density at radius 3 is 3.00 bits per heavy atom. The number of imidazole rings is 1. The van der Waals surface area contributed by atoms with Crippen molar-refractivity contribution < 1.29 is 9.18 Å². The Morgan fingerprint density at radius 2 is 2.31 bits per heavy atom. The van der Waals surface area contributed by atoms with Crippen LogP contribution in [0.2, 0.25) is 0 Å². The zero-order valence-corrected chi connectivity index (χ0v) is 9.58. The molecule has 0 saturated carbocycles. The van der Waals surface area contributed by atoms with E-state index in [1.54, 1.807) is 6.20 Å². The molecule has 2 aromatic rings. The van der Waals surface area contributed by atoms with Gasteiger partial charge in [0.25, 0.3) is 5.91 Å². The average molecular weight is 284 g/mol. The topological polar surface area (TPSA) is 57.8 Å². The minimum atomic E-state index is -0.465. The number of nitrogens with zero attached hydrogens (tertiary/aromatic N) is 1. The highest BCUT2D eigenvalue weighted by molar-refractivity contribution is 9.10. The molecule has 1 aromatic heterocycles. The number of hydrogen-bond acceptors (Lipinski definition) is 2. The highest BCUT2D eigenvalue weighted by atomic mass is 79.9. The third kappa shape index (κ3) is 2.27. The lowest BCUT2D eigenvalue weighted by Crippen LogP contribution is -2.13. The first-order chi connectivity index (χ1) is 7.66. The number of aromatic nitrogens is 2. The molecule has 0 fully saturated rings. The van der Waals surface area contributed by atoms with Gasteiger partial charge in [0, 0.05) is 16.9 Å². The number of carbonyl (C=O) groups is 1. The van der Waals surface area contributed by atoms with Crippen LogP contribution in [0.4, 0.5) is 10.3 Å². The number of anilines is 1. The first kappa shape index (κ1) is 10.8. The molecule has 1 amide bonds. The van der Waals surface area contributed by atoms with E-state index in [1.807, 2.05) is 0 Å². The maximum atomic E-state index is 13.0. The third-order valence-electron chi connectivity index (χ3n) is 1.90. The number of carbonyl (C=O) groups excluding carboxylic acids is 1. The summed E-state index contributed by atoms with van der Waals surface area (Å²) in [5.74, 6) is -0.574. The molecule has 0 aliphatic heterocycles. The van der Waals surface area contributed by atoms with Crippen molar-refractivity contribution >= 4 is 27.8 Å². The molecule has 0 aliphatic carbocycles. The van der Waals surface area contributed by atoms with E-state index >= 15 is 0 Å². The molecule has 6 heteroatoms. The van der Waals surface area contributed by atoms with Gasteiger partial charge in [0.1, 0.15) is 5.82 Å². The molecule has 0 radical (unpaired) electrons. The zero-order valence-electron chi connectivity index (χ0n) is 8.00. The molecule has 16 heavy (non-hydrogen) atoms. The molecule has 0 saturated heterocycles.